The molecule has 0 aliphatic carbocycles. The van der Waals surface area contributed by atoms with Gasteiger partial charge in [0.05, 0.1) is 0 Å². The molecule has 14 heavy (non-hydrogen) atoms. The van der Waals surface area contributed by atoms with Crippen LogP contribution in [0.1, 0.15) is 29.4 Å². The Hall–Kier alpha value is -1.14. The Kier molecular flexibility index (Phi) is 4.34. The first-order chi connectivity index (χ1) is 6.74. The number of rotatable bonds is 2. The normalized spacial score (nSPS) is 9.00. The number of halogens is 1. The Labute approximate surface area is 91.9 Å². The number of ketones is 1. The maximum absolute atomic E-state index is 10.9. The van der Waals surface area contributed by atoms with E-state index in [1.807, 2.05) is 6.07 Å². The first-order valence-corrected chi connectivity index (χ1v) is 5.38. The third-order valence-electron chi connectivity index (χ3n) is 1.58. The third-order valence-corrected chi connectivity index (χ3v) is 1.97. The molecule has 0 aromatic carbocycles. The van der Waals surface area contributed by atoms with E-state index in [9.17, 15) is 4.79 Å². The Morgan fingerprint density at radius 2 is 2.36 bits per heavy atom. The van der Waals surface area contributed by atoms with Gasteiger partial charge in [-0.3, -0.25) is 9.78 Å². The van der Waals surface area contributed by atoms with Crippen LogP contribution in [0.2, 0.25) is 0 Å². The molecule has 0 saturated heterocycles. The van der Waals surface area contributed by atoms with Crippen LogP contribution in [0.4, 0.5) is 0 Å². The Morgan fingerprint density at radius 3 is 2.86 bits per heavy atom. The molecule has 0 unspecified atom stereocenters. The number of hydrogen-bond acceptors (Lipinski definition) is 2. The van der Waals surface area contributed by atoms with Crippen molar-refractivity contribution in [2.45, 2.75) is 13.3 Å². The number of hydrogen-bond donors (Lipinski definition) is 0. The van der Waals surface area contributed by atoms with Gasteiger partial charge >= 0.3 is 0 Å². The molecule has 72 valence electrons. The number of carbonyl (C=O) groups excluding carboxylic acids is 1. The van der Waals surface area contributed by atoms with E-state index >= 15 is 0 Å². The Balaban J connectivity index is 2.75. The minimum Gasteiger partial charge on any atom is -0.293 e. The highest BCUT2D eigenvalue weighted by Gasteiger charge is 1.98. The predicted octanol–water partition coefficient (Wildman–Crippen LogP) is 2.42. The zero-order valence-electron chi connectivity index (χ0n) is 7.88. The van der Waals surface area contributed by atoms with Crippen molar-refractivity contribution in [1.29, 1.82) is 0 Å². The standard InChI is InChI=1S/C11H10BrNO/c1-9(14)11-6-5-10(8-13-11)4-2-3-7-12/h5-6,8H,3,7H2,1H3. The van der Waals surface area contributed by atoms with Crippen LogP contribution in [0.25, 0.3) is 0 Å². The number of pyridine rings is 1. The van der Waals surface area contributed by atoms with Crippen LogP contribution in [0, 0.1) is 11.8 Å². The molecule has 0 bridgehead atoms. The largest absolute Gasteiger partial charge is 0.293 e. The third kappa shape index (κ3) is 3.31. The van der Waals surface area contributed by atoms with Crippen molar-refractivity contribution < 1.29 is 4.79 Å². The van der Waals surface area contributed by atoms with Crippen molar-refractivity contribution in [3.8, 4) is 11.8 Å². The van der Waals surface area contributed by atoms with Crippen LogP contribution in [0.15, 0.2) is 18.3 Å². The van der Waals surface area contributed by atoms with Crippen LogP contribution >= 0.6 is 15.9 Å². The van der Waals surface area contributed by atoms with Crippen molar-refractivity contribution in [3.05, 3.63) is 29.6 Å². The molecule has 0 amide bonds. The van der Waals surface area contributed by atoms with E-state index in [2.05, 4.69) is 32.8 Å². The smallest absolute Gasteiger partial charge is 0.178 e. The predicted molar refractivity (Wildman–Crippen MR) is 59.5 cm³/mol. The lowest BCUT2D eigenvalue weighted by molar-refractivity contribution is 0.101. The molecule has 1 rings (SSSR count). The zero-order chi connectivity index (χ0) is 10.4. The molecular formula is C11H10BrNO. The molecule has 1 aromatic heterocycles. The minimum absolute atomic E-state index is 0.0232. The van der Waals surface area contributed by atoms with Gasteiger partial charge in [-0.1, -0.05) is 27.8 Å². The van der Waals surface area contributed by atoms with Crippen molar-refractivity contribution in [3.63, 3.8) is 0 Å². The van der Waals surface area contributed by atoms with E-state index in [-0.39, 0.29) is 5.78 Å². The second-order valence-corrected chi connectivity index (χ2v) is 3.52. The van der Waals surface area contributed by atoms with Crippen molar-refractivity contribution in [2.75, 3.05) is 5.33 Å². The van der Waals surface area contributed by atoms with Gasteiger partial charge in [-0.2, -0.15) is 0 Å². The minimum atomic E-state index is -0.0232. The van der Waals surface area contributed by atoms with Gasteiger partial charge in [0.2, 0.25) is 0 Å². The molecule has 0 aliphatic rings. The molecule has 2 nitrogen and oxygen atoms in total. The summed E-state index contributed by atoms with van der Waals surface area (Å²) in [6.45, 7) is 1.50. The highest BCUT2D eigenvalue weighted by Crippen LogP contribution is 1.99. The average Bonchev–Trinajstić information content (AvgIpc) is 2.19. The summed E-state index contributed by atoms with van der Waals surface area (Å²) >= 11 is 3.29. The number of alkyl halides is 1. The maximum Gasteiger partial charge on any atom is 0.178 e. The summed E-state index contributed by atoms with van der Waals surface area (Å²) < 4.78 is 0. The molecule has 0 spiro atoms. The summed E-state index contributed by atoms with van der Waals surface area (Å²) in [6.07, 6.45) is 2.44. The van der Waals surface area contributed by atoms with E-state index < -0.39 is 0 Å². The first kappa shape index (κ1) is 10.9. The molecule has 0 fully saturated rings. The van der Waals surface area contributed by atoms with E-state index in [1.54, 1.807) is 12.3 Å². The molecule has 1 heterocycles. The molecule has 0 N–H and O–H groups in total. The van der Waals surface area contributed by atoms with Crippen LogP contribution in [-0.4, -0.2) is 16.1 Å². The van der Waals surface area contributed by atoms with Gasteiger partial charge in [-0.05, 0) is 12.1 Å². The maximum atomic E-state index is 10.9. The van der Waals surface area contributed by atoms with Gasteiger partial charge in [-0.25, -0.2) is 0 Å². The zero-order valence-corrected chi connectivity index (χ0v) is 9.47. The van der Waals surface area contributed by atoms with Crippen molar-refractivity contribution in [1.82, 2.24) is 4.98 Å². The molecule has 1 aromatic rings. The number of Topliss-reactive ketones (excluding diaryl/α,β-unsaturated/α-hetero) is 1. The molecule has 0 atom stereocenters. The summed E-state index contributed by atoms with van der Waals surface area (Å²) in [5.41, 5.74) is 1.33. The Morgan fingerprint density at radius 1 is 1.57 bits per heavy atom. The number of carbonyl (C=O) groups is 1. The van der Waals surface area contributed by atoms with E-state index in [1.165, 1.54) is 6.92 Å². The number of nitrogens with zero attached hydrogens (tertiary/aromatic N) is 1. The van der Waals surface area contributed by atoms with E-state index in [4.69, 9.17) is 0 Å². The van der Waals surface area contributed by atoms with Gasteiger partial charge in [0, 0.05) is 30.4 Å². The van der Waals surface area contributed by atoms with Crippen LogP contribution in [0.3, 0.4) is 0 Å². The van der Waals surface area contributed by atoms with Crippen molar-refractivity contribution >= 4 is 21.7 Å². The SMILES string of the molecule is CC(=O)c1ccc(C#CCCBr)cn1. The molecule has 3 heteroatoms. The highest BCUT2D eigenvalue weighted by atomic mass is 79.9. The van der Waals surface area contributed by atoms with Crippen LogP contribution in [-0.2, 0) is 0 Å². The monoisotopic (exact) mass is 251 g/mol. The molecule has 0 radical (unpaired) electrons. The molecule has 0 aliphatic heterocycles. The fourth-order valence-corrected chi connectivity index (χ4v) is 1.09. The lowest BCUT2D eigenvalue weighted by Gasteiger charge is -1.93. The summed E-state index contributed by atoms with van der Waals surface area (Å²) in [6, 6.07) is 3.51. The average molecular weight is 252 g/mol. The second kappa shape index (κ2) is 5.56. The van der Waals surface area contributed by atoms with Gasteiger partial charge in [0.25, 0.3) is 0 Å². The fourth-order valence-electron chi connectivity index (χ4n) is 0.888. The number of aromatic nitrogens is 1. The summed E-state index contributed by atoms with van der Waals surface area (Å²) in [5.74, 6) is 5.91. The lowest BCUT2D eigenvalue weighted by Crippen LogP contribution is -1.95. The lowest BCUT2D eigenvalue weighted by atomic mass is 10.2. The summed E-state index contributed by atoms with van der Waals surface area (Å²) in [7, 11) is 0. The summed E-state index contributed by atoms with van der Waals surface area (Å²) in [4.78, 5) is 14.9. The van der Waals surface area contributed by atoms with Crippen LogP contribution < -0.4 is 0 Å². The van der Waals surface area contributed by atoms with Crippen molar-refractivity contribution in [2.24, 2.45) is 0 Å². The molecule has 0 saturated carbocycles. The summed E-state index contributed by atoms with van der Waals surface area (Å²) in [5, 5.41) is 0.874. The van der Waals surface area contributed by atoms with Gasteiger partial charge in [0.15, 0.2) is 5.78 Å². The van der Waals surface area contributed by atoms with Gasteiger partial charge in [0.1, 0.15) is 5.69 Å². The second-order valence-electron chi connectivity index (χ2n) is 2.73. The first-order valence-electron chi connectivity index (χ1n) is 4.26. The fraction of sp³-hybridized carbons (Fsp3) is 0.273. The molecular weight excluding hydrogens is 242 g/mol. The van der Waals surface area contributed by atoms with Crippen LogP contribution in [0.5, 0.6) is 0 Å². The van der Waals surface area contributed by atoms with E-state index in [0.717, 1.165) is 17.3 Å². The van der Waals surface area contributed by atoms with Gasteiger partial charge in [-0.15, -0.1) is 0 Å². The highest BCUT2D eigenvalue weighted by molar-refractivity contribution is 9.09. The van der Waals surface area contributed by atoms with Gasteiger partial charge < -0.3 is 0 Å². The quantitative estimate of drug-likeness (QED) is 0.459. The van der Waals surface area contributed by atoms with E-state index in [0.29, 0.717) is 5.69 Å². The topological polar surface area (TPSA) is 30.0 Å². The Bertz CT molecular complexity index is 373.